The highest BCUT2D eigenvalue weighted by Crippen LogP contribution is 2.35. The van der Waals surface area contributed by atoms with Gasteiger partial charge in [0.25, 0.3) is 0 Å². The van der Waals surface area contributed by atoms with Gasteiger partial charge in [-0.3, -0.25) is 0 Å². The van der Waals surface area contributed by atoms with Crippen LogP contribution in [0.3, 0.4) is 0 Å². The van der Waals surface area contributed by atoms with E-state index < -0.39 is 0 Å². The summed E-state index contributed by atoms with van der Waals surface area (Å²) < 4.78 is 0. The summed E-state index contributed by atoms with van der Waals surface area (Å²) in [6, 6.07) is 1.48. The molecule has 12 heavy (non-hydrogen) atoms. The Morgan fingerprint density at radius 2 is 1.83 bits per heavy atom. The zero-order valence-electron chi connectivity index (χ0n) is 7.61. The zero-order chi connectivity index (χ0) is 8.72. The fraction of sp³-hybridized carbons (Fsp3) is 1.00. The highest BCUT2D eigenvalue weighted by molar-refractivity contribution is 6.45. The minimum Gasteiger partial charge on any atom is -0.437 e. The lowest BCUT2D eigenvalue weighted by Gasteiger charge is -2.38. The number of hydrogen-bond acceptors (Lipinski definition) is 3. The predicted molar refractivity (Wildman–Crippen MR) is 49.7 cm³/mol. The summed E-state index contributed by atoms with van der Waals surface area (Å²) in [6.07, 6.45) is 4.59. The van der Waals surface area contributed by atoms with E-state index in [4.69, 9.17) is 5.73 Å². The molecule has 4 heteroatoms. The van der Waals surface area contributed by atoms with Gasteiger partial charge in [-0.05, 0) is 32.5 Å². The first kappa shape index (κ1) is 8.54. The second-order valence-corrected chi connectivity index (χ2v) is 4.20. The first-order chi connectivity index (χ1) is 5.68. The lowest BCUT2D eigenvalue weighted by Crippen LogP contribution is -2.53. The highest BCUT2D eigenvalue weighted by Gasteiger charge is 2.42. The molecule has 0 aromatic rings. The SMILES string of the molecule is CB(O)N1C2CCC1CC(N)C2. The van der Waals surface area contributed by atoms with Gasteiger partial charge >= 0.3 is 7.05 Å². The van der Waals surface area contributed by atoms with Gasteiger partial charge in [0, 0.05) is 18.1 Å². The van der Waals surface area contributed by atoms with Crippen LogP contribution in [-0.2, 0) is 0 Å². The van der Waals surface area contributed by atoms with E-state index in [1.807, 2.05) is 6.82 Å². The number of piperidine rings is 1. The first-order valence-electron chi connectivity index (χ1n) is 4.89. The summed E-state index contributed by atoms with van der Waals surface area (Å²) in [7, 11) is -0.282. The molecule has 2 aliphatic heterocycles. The maximum absolute atomic E-state index is 9.53. The summed E-state index contributed by atoms with van der Waals surface area (Å²) in [5.41, 5.74) is 5.91. The molecule has 2 aliphatic rings. The second kappa shape index (κ2) is 3.02. The number of nitrogens with zero attached hydrogens (tertiary/aromatic N) is 1. The van der Waals surface area contributed by atoms with Gasteiger partial charge in [-0.25, -0.2) is 0 Å². The quantitative estimate of drug-likeness (QED) is 0.544. The van der Waals surface area contributed by atoms with Gasteiger partial charge in [0.2, 0.25) is 0 Å². The van der Waals surface area contributed by atoms with Crippen molar-refractivity contribution in [3.05, 3.63) is 0 Å². The van der Waals surface area contributed by atoms with Crippen LogP contribution < -0.4 is 5.73 Å². The molecule has 0 aromatic heterocycles. The van der Waals surface area contributed by atoms with E-state index in [1.54, 1.807) is 0 Å². The van der Waals surface area contributed by atoms with Crippen LogP contribution in [0.4, 0.5) is 0 Å². The molecule has 2 fully saturated rings. The van der Waals surface area contributed by atoms with E-state index >= 15 is 0 Å². The Hall–Kier alpha value is -0.0551. The van der Waals surface area contributed by atoms with Crippen LogP contribution in [0.5, 0.6) is 0 Å². The summed E-state index contributed by atoms with van der Waals surface area (Å²) >= 11 is 0. The van der Waals surface area contributed by atoms with Gasteiger partial charge < -0.3 is 15.6 Å². The van der Waals surface area contributed by atoms with Crippen LogP contribution >= 0.6 is 0 Å². The Bertz CT molecular complexity index is 162. The normalized spacial score (nSPS) is 41.8. The van der Waals surface area contributed by atoms with Crippen LogP contribution in [0.1, 0.15) is 25.7 Å². The lowest BCUT2D eigenvalue weighted by molar-refractivity contribution is 0.202. The summed E-state index contributed by atoms with van der Waals surface area (Å²) in [5.74, 6) is 0. The third-order valence-corrected chi connectivity index (χ3v) is 3.26. The first-order valence-corrected chi connectivity index (χ1v) is 4.89. The average molecular weight is 168 g/mol. The number of fused-ring (bicyclic) bond motifs is 2. The van der Waals surface area contributed by atoms with Crippen molar-refractivity contribution in [2.45, 2.75) is 50.6 Å². The van der Waals surface area contributed by atoms with E-state index in [1.165, 1.54) is 12.8 Å². The molecular weight excluding hydrogens is 151 g/mol. The van der Waals surface area contributed by atoms with Crippen LogP contribution in [-0.4, -0.2) is 35.0 Å². The molecule has 3 N–H and O–H groups in total. The second-order valence-electron chi connectivity index (χ2n) is 4.20. The van der Waals surface area contributed by atoms with E-state index in [9.17, 15) is 5.02 Å². The van der Waals surface area contributed by atoms with Crippen molar-refractivity contribution in [3.63, 3.8) is 0 Å². The van der Waals surface area contributed by atoms with Gasteiger partial charge in [-0.1, -0.05) is 0 Å². The van der Waals surface area contributed by atoms with Gasteiger partial charge in [-0.15, -0.1) is 0 Å². The number of rotatable bonds is 1. The Morgan fingerprint density at radius 3 is 2.25 bits per heavy atom. The van der Waals surface area contributed by atoms with Crippen molar-refractivity contribution in [1.29, 1.82) is 0 Å². The fourth-order valence-electron chi connectivity index (χ4n) is 2.87. The molecule has 68 valence electrons. The van der Waals surface area contributed by atoms with Crippen molar-refractivity contribution in [3.8, 4) is 0 Å². The third-order valence-electron chi connectivity index (χ3n) is 3.26. The Morgan fingerprint density at radius 1 is 1.33 bits per heavy atom. The maximum Gasteiger partial charge on any atom is 0.376 e. The monoisotopic (exact) mass is 168 g/mol. The molecule has 0 aliphatic carbocycles. The van der Waals surface area contributed by atoms with Crippen molar-refractivity contribution in [1.82, 2.24) is 4.81 Å². The van der Waals surface area contributed by atoms with Crippen molar-refractivity contribution in [2.75, 3.05) is 0 Å². The molecule has 0 radical (unpaired) electrons. The molecule has 0 spiro atoms. The fourth-order valence-corrected chi connectivity index (χ4v) is 2.87. The van der Waals surface area contributed by atoms with Crippen molar-refractivity contribution < 1.29 is 5.02 Å². The minimum absolute atomic E-state index is 0.282. The van der Waals surface area contributed by atoms with Crippen LogP contribution in [0.25, 0.3) is 0 Å². The molecule has 3 nitrogen and oxygen atoms in total. The average Bonchev–Trinajstić information content (AvgIpc) is 2.24. The summed E-state index contributed by atoms with van der Waals surface area (Å²) in [4.78, 5) is 2.24. The van der Waals surface area contributed by atoms with Gasteiger partial charge in [0.05, 0.1) is 0 Å². The molecule has 0 amide bonds. The molecule has 2 rings (SSSR count). The predicted octanol–water partition coefficient (Wildman–Crippen LogP) is 0.0508. The van der Waals surface area contributed by atoms with Gasteiger partial charge in [-0.2, -0.15) is 0 Å². The van der Waals surface area contributed by atoms with Crippen molar-refractivity contribution in [2.24, 2.45) is 5.73 Å². The van der Waals surface area contributed by atoms with E-state index in [0.29, 0.717) is 18.1 Å². The Labute approximate surface area is 74.1 Å². The number of nitrogens with two attached hydrogens (primary N) is 1. The highest BCUT2D eigenvalue weighted by atomic mass is 16.2. The van der Waals surface area contributed by atoms with E-state index in [-0.39, 0.29) is 7.05 Å². The smallest absolute Gasteiger partial charge is 0.376 e. The maximum atomic E-state index is 9.53. The lowest BCUT2D eigenvalue weighted by atomic mass is 9.79. The summed E-state index contributed by atoms with van der Waals surface area (Å²) in [6.45, 7) is 1.86. The van der Waals surface area contributed by atoms with Crippen LogP contribution in [0, 0.1) is 0 Å². The number of hydrogen-bond donors (Lipinski definition) is 2. The van der Waals surface area contributed by atoms with E-state index in [0.717, 1.165) is 12.8 Å². The molecule has 2 heterocycles. The van der Waals surface area contributed by atoms with Crippen molar-refractivity contribution >= 4 is 7.05 Å². The third kappa shape index (κ3) is 1.28. The van der Waals surface area contributed by atoms with Crippen LogP contribution in [0.2, 0.25) is 6.82 Å². The molecule has 0 saturated carbocycles. The Balaban J connectivity index is 2.09. The zero-order valence-corrected chi connectivity index (χ0v) is 7.61. The minimum atomic E-state index is -0.282. The van der Waals surface area contributed by atoms with Gasteiger partial charge in [0.15, 0.2) is 0 Å². The Kier molecular flexibility index (Phi) is 2.15. The topological polar surface area (TPSA) is 49.5 Å². The standard InChI is InChI=1S/C8H17BN2O/c1-9(12)11-7-2-3-8(11)5-6(10)4-7/h6-8,12H,2-5,10H2,1H3. The van der Waals surface area contributed by atoms with E-state index in [2.05, 4.69) is 4.81 Å². The summed E-state index contributed by atoms with van der Waals surface area (Å²) in [5, 5.41) is 9.53. The largest absolute Gasteiger partial charge is 0.437 e. The molecule has 2 atom stereocenters. The molecule has 0 aromatic carbocycles. The molecule has 2 saturated heterocycles. The molecule has 2 unspecified atom stereocenters. The van der Waals surface area contributed by atoms with Crippen LogP contribution in [0.15, 0.2) is 0 Å². The molecule has 2 bridgehead atoms. The van der Waals surface area contributed by atoms with Gasteiger partial charge in [0.1, 0.15) is 0 Å². The molecular formula is C8H17BN2O.